The molecular formula is C15H23N3O3S. The van der Waals surface area contributed by atoms with E-state index in [0.717, 1.165) is 0 Å². The first kappa shape index (κ1) is 18.3. The highest BCUT2D eigenvalue weighted by atomic mass is 32.2. The lowest BCUT2D eigenvalue weighted by molar-refractivity contribution is 0.104. The molecule has 0 fully saturated rings. The molecule has 0 saturated carbocycles. The van der Waals surface area contributed by atoms with E-state index in [9.17, 15) is 13.2 Å². The van der Waals surface area contributed by atoms with Crippen molar-refractivity contribution in [2.24, 2.45) is 0 Å². The first-order valence-corrected chi connectivity index (χ1v) is 8.34. The van der Waals surface area contributed by atoms with Crippen LogP contribution in [0.5, 0.6) is 0 Å². The Morgan fingerprint density at radius 3 is 2.50 bits per heavy atom. The van der Waals surface area contributed by atoms with Crippen LogP contribution in [0, 0.1) is 0 Å². The van der Waals surface area contributed by atoms with Crippen molar-refractivity contribution < 1.29 is 13.2 Å². The van der Waals surface area contributed by atoms with Crippen LogP contribution in [0.25, 0.3) is 0 Å². The molecule has 1 aromatic carbocycles. The van der Waals surface area contributed by atoms with Crippen LogP contribution in [0.4, 0.5) is 0 Å². The summed E-state index contributed by atoms with van der Waals surface area (Å²) in [5.41, 5.74) is 0.341. The minimum absolute atomic E-state index is 0.0929. The SMILES string of the molecule is CN(C)/C=C/C(=O)c1cccc(S(=O)(=O)NCCN(C)C)c1. The summed E-state index contributed by atoms with van der Waals surface area (Å²) >= 11 is 0. The Morgan fingerprint density at radius 2 is 1.91 bits per heavy atom. The van der Waals surface area contributed by atoms with Crippen molar-refractivity contribution in [1.29, 1.82) is 0 Å². The topological polar surface area (TPSA) is 69.7 Å². The van der Waals surface area contributed by atoms with Gasteiger partial charge >= 0.3 is 0 Å². The Balaban J connectivity index is 2.89. The van der Waals surface area contributed by atoms with Crippen molar-refractivity contribution in [2.75, 3.05) is 41.3 Å². The van der Waals surface area contributed by atoms with Gasteiger partial charge in [0.1, 0.15) is 0 Å². The number of ketones is 1. The maximum absolute atomic E-state index is 12.2. The molecule has 0 amide bonds. The third kappa shape index (κ3) is 5.97. The second kappa shape index (κ2) is 8.07. The number of allylic oxidation sites excluding steroid dienone is 1. The molecule has 0 aliphatic rings. The van der Waals surface area contributed by atoms with Crippen molar-refractivity contribution in [3.8, 4) is 0 Å². The zero-order chi connectivity index (χ0) is 16.8. The van der Waals surface area contributed by atoms with E-state index in [2.05, 4.69) is 4.72 Å². The Bertz CT molecular complexity index is 637. The number of likely N-dealkylation sites (N-methyl/N-ethyl adjacent to an activating group) is 1. The van der Waals surface area contributed by atoms with Crippen LogP contribution >= 0.6 is 0 Å². The lowest BCUT2D eigenvalue weighted by atomic mass is 10.1. The van der Waals surface area contributed by atoms with Gasteiger partial charge in [0.15, 0.2) is 5.78 Å². The quantitative estimate of drug-likeness (QED) is 0.565. The zero-order valence-electron chi connectivity index (χ0n) is 13.4. The summed E-state index contributed by atoms with van der Waals surface area (Å²) in [6, 6.07) is 6.03. The largest absolute Gasteiger partial charge is 0.383 e. The second-order valence-corrected chi connectivity index (χ2v) is 7.14. The van der Waals surface area contributed by atoms with Gasteiger partial charge in [-0.2, -0.15) is 0 Å². The number of hydrogen-bond donors (Lipinski definition) is 1. The lowest BCUT2D eigenvalue weighted by Crippen LogP contribution is -2.31. The van der Waals surface area contributed by atoms with Crippen LogP contribution in [0.15, 0.2) is 41.4 Å². The fraction of sp³-hybridized carbons (Fsp3) is 0.400. The van der Waals surface area contributed by atoms with Gasteiger partial charge in [-0.3, -0.25) is 4.79 Å². The third-order valence-corrected chi connectivity index (χ3v) is 4.26. The molecule has 0 spiro atoms. The predicted molar refractivity (Wildman–Crippen MR) is 87.3 cm³/mol. The molecule has 0 unspecified atom stereocenters. The van der Waals surface area contributed by atoms with Crippen LogP contribution in [0.2, 0.25) is 0 Å². The third-order valence-electron chi connectivity index (χ3n) is 2.80. The number of carbonyl (C=O) groups is 1. The van der Waals surface area contributed by atoms with E-state index in [-0.39, 0.29) is 10.7 Å². The molecule has 1 rings (SSSR count). The van der Waals surface area contributed by atoms with E-state index < -0.39 is 10.0 Å². The van der Waals surface area contributed by atoms with Gasteiger partial charge in [0, 0.05) is 45.0 Å². The van der Waals surface area contributed by atoms with Gasteiger partial charge in [0.2, 0.25) is 10.0 Å². The van der Waals surface area contributed by atoms with E-state index in [1.807, 2.05) is 19.0 Å². The summed E-state index contributed by atoms with van der Waals surface area (Å²) in [4.78, 5) is 15.7. The van der Waals surface area contributed by atoms with E-state index in [1.54, 1.807) is 37.3 Å². The first-order valence-electron chi connectivity index (χ1n) is 6.86. The zero-order valence-corrected chi connectivity index (χ0v) is 14.2. The van der Waals surface area contributed by atoms with Crippen molar-refractivity contribution in [2.45, 2.75) is 4.90 Å². The molecule has 0 aromatic heterocycles. The number of rotatable bonds is 8. The molecule has 0 bridgehead atoms. The van der Waals surface area contributed by atoms with Gasteiger partial charge in [0.25, 0.3) is 0 Å². The number of nitrogens with one attached hydrogen (secondary N) is 1. The van der Waals surface area contributed by atoms with Gasteiger partial charge in [-0.05, 0) is 26.2 Å². The van der Waals surface area contributed by atoms with Crippen molar-refractivity contribution >= 4 is 15.8 Å². The number of sulfonamides is 1. The van der Waals surface area contributed by atoms with Gasteiger partial charge < -0.3 is 9.80 Å². The lowest BCUT2D eigenvalue weighted by Gasteiger charge is -2.11. The minimum Gasteiger partial charge on any atom is -0.383 e. The van der Waals surface area contributed by atoms with Crippen LogP contribution in [-0.2, 0) is 10.0 Å². The Kier molecular flexibility index (Phi) is 6.73. The smallest absolute Gasteiger partial charge is 0.240 e. The Labute approximate surface area is 132 Å². The second-order valence-electron chi connectivity index (χ2n) is 5.37. The average Bonchev–Trinajstić information content (AvgIpc) is 2.44. The molecule has 6 nitrogen and oxygen atoms in total. The number of benzene rings is 1. The van der Waals surface area contributed by atoms with Crippen LogP contribution in [-0.4, -0.2) is 65.3 Å². The van der Waals surface area contributed by atoms with Crippen molar-refractivity contribution in [3.63, 3.8) is 0 Å². The molecular weight excluding hydrogens is 302 g/mol. The molecule has 0 heterocycles. The van der Waals surface area contributed by atoms with Crippen LogP contribution < -0.4 is 4.72 Å². The summed E-state index contributed by atoms with van der Waals surface area (Å²) in [6.07, 6.45) is 3.03. The predicted octanol–water partition coefficient (Wildman–Crippen LogP) is 0.785. The fourth-order valence-corrected chi connectivity index (χ4v) is 2.68. The molecule has 7 heteroatoms. The van der Waals surface area contributed by atoms with E-state index in [0.29, 0.717) is 18.7 Å². The molecule has 0 aliphatic heterocycles. The summed E-state index contributed by atoms with van der Waals surface area (Å²) in [7, 11) is 3.73. The standard InChI is InChI=1S/C15H23N3O3S/c1-17(2)10-8-15(19)13-6-5-7-14(12-13)22(20,21)16-9-11-18(3)4/h5-8,10,12,16H,9,11H2,1-4H3/b10-8+. The Morgan fingerprint density at radius 1 is 1.23 bits per heavy atom. The summed E-state index contributed by atoms with van der Waals surface area (Å²) < 4.78 is 26.9. The molecule has 122 valence electrons. The number of nitrogens with zero attached hydrogens (tertiary/aromatic N) is 2. The minimum atomic E-state index is -3.61. The van der Waals surface area contributed by atoms with Gasteiger partial charge in [0.05, 0.1) is 4.90 Å². The molecule has 0 atom stereocenters. The highest BCUT2D eigenvalue weighted by Crippen LogP contribution is 2.12. The van der Waals surface area contributed by atoms with Crippen LogP contribution in [0.3, 0.4) is 0 Å². The normalized spacial score (nSPS) is 12.0. The number of hydrogen-bond acceptors (Lipinski definition) is 5. The van der Waals surface area contributed by atoms with E-state index >= 15 is 0 Å². The van der Waals surface area contributed by atoms with E-state index in [1.165, 1.54) is 18.2 Å². The first-order chi connectivity index (χ1) is 10.2. The molecule has 0 saturated heterocycles. The summed E-state index contributed by atoms with van der Waals surface area (Å²) in [5, 5.41) is 0. The Hall–Kier alpha value is -1.70. The molecule has 22 heavy (non-hydrogen) atoms. The number of carbonyl (C=O) groups excluding carboxylic acids is 1. The summed E-state index contributed by atoms with van der Waals surface area (Å²) in [5.74, 6) is -0.237. The van der Waals surface area contributed by atoms with Gasteiger partial charge in [-0.25, -0.2) is 13.1 Å². The average molecular weight is 325 g/mol. The maximum Gasteiger partial charge on any atom is 0.240 e. The van der Waals surface area contributed by atoms with Crippen molar-refractivity contribution in [1.82, 2.24) is 14.5 Å². The molecule has 1 aromatic rings. The van der Waals surface area contributed by atoms with Gasteiger partial charge in [-0.1, -0.05) is 12.1 Å². The summed E-state index contributed by atoms with van der Waals surface area (Å²) in [6.45, 7) is 0.914. The fourth-order valence-electron chi connectivity index (χ4n) is 1.62. The van der Waals surface area contributed by atoms with Crippen molar-refractivity contribution in [3.05, 3.63) is 42.1 Å². The monoisotopic (exact) mass is 325 g/mol. The van der Waals surface area contributed by atoms with Gasteiger partial charge in [-0.15, -0.1) is 0 Å². The van der Waals surface area contributed by atoms with E-state index in [4.69, 9.17) is 0 Å². The highest BCUT2D eigenvalue weighted by Gasteiger charge is 2.15. The molecule has 0 radical (unpaired) electrons. The highest BCUT2D eigenvalue weighted by molar-refractivity contribution is 7.89. The molecule has 0 aliphatic carbocycles. The van der Waals surface area contributed by atoms with Crippen LogP contribution in [0.1, 0.15) is 10.4 Å². The maximum atomic E-state index is 12.2. The molecule has 1 N–H and O–H groups in total.